The Bertz CT molecular complexity index is 521. The third-order valence-electron chi connectivity index (χ3n) is 4.66. The molecule has 1 aromatic carbocycles. The van der Waals surface area contributed by atoms with Gasteiger partial charge in [-0.05, 0) is 50.8 Å². The van der Waals surface area contributed by atoms with Crippen molar-refractivity contribution in [1.29, 1.82) is 0 Å². The Morgan fingerprint density at radius 1 is 1.43 bits per heavy atom. The quantitative estimate of drug-likeness (QED) is 0.903. The molecule has 4 heteroatoms. The predicted molar refractivity (Wildman–Crippen MR) is 87.9 cm³/mol. The fourth-order valence-corrected chi connectivity index (χ4v) is 3.56. The highest BCUT2D eigenvalue weighted by Crippen LogP contribution is 2.36. The first kappa shape index (κ1) is 15.0. The summed E-state index contributed by atoms with van der Waals surface area (Å²) in [5, 5.41) is 3.39. The lowest BCUT2D eigenvalue weighted by molar-refractivity contribution is -0.143. The Balaban J connectivity index is 1.78. The van der Waals surface area contributed by atoms with E-state index in [-0.39, 0.29) is 5.41 Å². The standard InChI is InChI=1S/C17H23BrN2O/c1-17(9-4-10-19-12-17)16(21)20(14-7-8-14)11-13-5-2-3-6-15(13)18/h2-3,5-6,14,19H,4,7-12H2,1H3. The van der Waals surface area contributed by atoms with Gasteiger partial charge in [0.1, 0.15) is 0 Å². The molecular weight excluding hydrogens is 328 g/mol. The van der Waals surface area contributed by atoms with Gasteiger partial charge in [-0.2, -0.15) is 0 Å². The van der Waals surface area contributed by atoms with Crippen molar-refractivity contribution in [1.82, 2.24) is 10.2 Å². The van der Waals surface area contributed by atoms with Gasteiger partial charge in [0.15, 0.2) is 0 Å². The highest BCUT2D eigenvalue weighted by atomic mass is 79.9. The van der Waals surface area contributed by atoms with Gasteiger partial charge in [-0.15, -0.1) is 0 Å². The Morgan fingerprint density at radius 3 is 2.81 bits per heavy atom. The van der Waals surface area contributed by atoms with Gasteiger partial charge < -0.3 is 10.2 Å². The summed E-state index contributed by atoms with van der Waals surface area (Å²) in [4.78, 5) is 15.2. The molecule has 0 bridgehead atoms. The third-order valence-corrected chi connectivity index (χ3v) is 5.43. The molecule has 1 N–H and O–H groups in total. The van der Waals surface area contributed by atoms with E-state index in [1.807, 2.05) is 12.1 Å². The van der Waals surface area contributed by atoms with Crippen LogP contribution in [-0.4, -0.2) is 29.9 Å². The number of nitrogens with zero attached hydrogens (tertiary/aromatic N) is 1. The fraction of sp³-hybridized carbons (Fsp3) is 0.588. The minimum absolute atomic E-state index is 0.234. The van der Waals surface area contributed by atoms with Gasteiger partial charge in [0.25, 0.3) is 0 Å². The number of benzene rings is 1. The molecule has 3 rings (SSSR count). The molecule has 1 saturated heterocycles. The number of amides is 1. The predicted octanol–water partition coefficient (Wildman–Crippen LogP) is 3.33. The zero-order chi connectivity index (χ0) is 14.9. The van der Waals surface area contributed by atoms with E-state index in [1.165, 1.54) is 5.56 Å². The molecule has 3 nitrogen and oxygen atoms in total. The highest BCUT2D eigenvalue weighted by molar-refractivity contribution is 9.10. The minimum Gasteiger partial charge on any atom is -0.335 e. The first-order chi connectivity index (χ1) is 10.1. The van der Waals surface area contributed by atoms with E-state index in [1.54, 1.807) is 0 Å². The smallest absolute Gasteiger partial charge is 0.230 e. The summed E-state index contributed by atoms with van der Waals surface area (Å²) in [6.07, 6.45) is 4.40. The van der Waals surface area contributed by atoms with Crippen LogP contribution in [0.25, 0.3) is 0 Å². The maximum atomic E-state index is 13.1. The molecule has 1 aliphatic heterocycles. The maximum absolute atomic E-state index is 13.1. The van der Waals surface area contributed by atoms with E-state index < -0.39 is 0 Å². The summed E-state index contributed by atoms with van der Waals surface area (Å²) in [7, 11) is 0. The normalized spacial score (nSPS) is 25.6. The monoisotopic (exact) mass is 350 g/mol. The number of hydrogen-bond donors (Lipinski definition) is 1. The molecule has 1 aliphatic carbocycles. The SMILES string of the molecule is CC1(C(=O)N(Cc2ccccc2Br)C2CC2)CCCNC1. The van der Waals surface area contributed by atoms with Crippen LogP contribution in [0.1, 0.15) is 38.2 Å². The second kappa shape index (κ2) is 6.09. The van der Waals surface area contributed by atoms with Crippen molar-refractivity contribution >= 4 is 21.8 Å². The number of carbonyl (C=O) groups is 1. The molecule has 2 fully saturated rings. The van der Waals surface area contributed by atoms with Crippen LogP contribution in [0.5, 0.6) is 0 Å². The van der Waals surface area contributed by atoms with E-state index in [9.17, 15) is 4.79 Å². The number of hydrogen-bond acceptors (Lipinski definition) is 2. The van der Waals surface area contributed by atoms with Crippen molar-refractivity contribution in [2.24, 2.45) is 5.41 Å². The van der Waals surface area contributed by atoms with Gasteiger partial charge in [0.05, 0.1) is 5.41 Å². The van der Waals surface area contributed by atoms with Gasteiger partial charge in [0.2, 0.25) is 5.91 Å². The van der Waals surface area contributed by atoms with Gasteiger partial charge >= 0.3 is 0 Å². The van der Waals surface area contributed by atoms with Crippen LogP contribution in [0.15, 0.2) is 28.7 Å². The first-order valence-corrected chi connectivity index (χ1v) is 8.65. The molecule has 1 atom stereocenters. The van der Waals surface area contributed by atoms with Crippen molar-refractivity contribution < 1.29 is 4.79 Å². The van der Waals surface area contributed by atoms with E-state index in [2.05, 4.69) is 45.2 Å². The first-order valence-electron chi connectivity index (χ1n) is 7.85. The van der Waals surface area contributed by atoms with E-state index >= 15 is 0 Å². The molecule has 1 unspecified atom stereocenters. The third kappa shape index (κ3) is 3.32. The Labute approximate surface area is 135 Å². The lowest BCUT2D eigenvalue weighted by Gasteiger charge is -2.38. The molecule has 1 saturated carbocycles. The molecule has 114 valence electrons. The number of piperidine rings is 1. The summed E-state index contributed by atoms with van der Waals surface area (Å²) in [5.74, 6) is 0.327. The van der Waals surface area contributed by atoms with Crippen molar-refractivity contribution in [2.45, 2.75) is 45.2 Å². The molecule has 2 aliphatic rings. The molecule has 1 aromatic rings. The van der Waals surface area contributed by atoms with Crippen LogP contribution >= 0.6 is 15.9 Å². The van der Waals surface area contributed by atoms with Crippen LogP contribution in [0.4, 0.5) is 0 Å². The van der Waals surface area contributed by atoms with E-state index in [0.29, 0.717) is 11.9 Å². The maximum Gasteiger partial charge on any atom is 0.230 e. The molecular formula is C17H23BrN2O. The van der Waals surface area contributed by atoms with Gasteiger partial charge in [-0.1, -0.05) is 34.1 Å². The molecule has 21 heavy (non-hydrogen) atoms. The molecule has 1 heterocycles. The fourth-order valence-electron chi connectivity index (χ4n) is 3.15. The van der Waals surface area contributed by atoms with Gasteiger partial charge in [-0.25, -0.2) is 0 Å². The van der Waals surface area contributed by atoms with Crippen molar-refractivity contribution in [3.8, 4) is 0 Å². The second-order valence-corrected chi connectivity index (χ2v) is 7.45. The van der Waals surface area contributed by atoms with E-state index in [0.717, 1.165) is 49.8 Å². The summed E-state index contributed by atoms with van der Waals surface area (Å²) in [6, 6.07) is 8.66. The van der Waals surface area contributed by atoms with Crippen LogP contribution < -0.4 is 5.32 Å². The summed E-state index contributed by atoms with van der Waals surface area (Å²) >= 11 is 3.60. The van der Waals surface area contributed by atoms with Crippen LogP contribution in [0, 0.1) is 5.41 Å². The zero-order valence-electron chi connectivity index (χ0n) is 12.6. The van der Waals surface area contributed by atoms with Gasteiger partial charge in [-0.3, -0.25) is 4.79 Å². The van der Waals surface area contributed by atoms with Crippen molar-refractivity contribution in [3.05, 3.63) is 34.3 Å². The molecule has 1 amide bonds. The minimum atomic E-state index is -0.234. The number of rotatable bonds is 4. The Kier molecular flexibility index (Phi) is 4.36. The molecule has 0 radical (unpaired) electrons. The Hall–Kier alpha value is -0.870. The summed E-state index contributed by atoms with van der Waals surface area (Å²) in [6.45, 7) is 4.69. The highest BCUT2D eigenvalue weighted by Gasteiger charge is 2.42. The molecule has 0 aromatic heterocycles. The van der Waals surface area contributed by atoms with Crippen molar-refractivity contribution in [2.75, 3.05) is 13.1 Å². The summed E-state index contributed by atoms with van der Waals surface area (Å²) in [5.41, 5.74) is 0.965. The largest absolute Gasteiger partial charge is 0.335 e. The van der Waals surface area contributed by atoms with Crippen LogP contribution in [0.3, 0.4) is 0 Å². The number of carbonyl (C=O) groups excluding carboxylic acids is 1. The average molecular weight is 351 g/mol. The average Bonchev–Trinajstić information content (AvgIpc) is 3.31. The zero-order valence-corrected chi connectivity index (χ0v) is 14.2. The topological polar surface area (TPSA) is 32.3 Å². The molecule has 0 spiro atoms. The van der Waals surface area contributed by atoms with Crippen LogP contribution in [0.2, 0.25) is 0 Å². The Morgan fingerprint density at radius 2 is 2.19 bits per heavy atom. The number of nitrogens with one attached hydrogen (secondary N) is 1. The summed E-state index contributed by atoms with van der Waals surface area (Å²) < 4.78 is 1.09. The lowest BCUT2D eigenvalue weighted by Crippen LogP contribution is -2.50. The van der Waals surface area contributed by atoms with E-state index in [4.69, 9.17) is 0 Å². The van der Waals surface area contributed by atoms with Crippen LogP contribution in [-0.2, 0) is 11.3 Å². The number of halogens is 1. The van der Waals surface area contributed by atoms with Crippen molar-refractivity contribution in [3.63, 3.8) is 0 Å². The van der Waals surface area contributed by atoms with Gasteiger partial charge in [0, 0.05) is 23.6 Å². The lowest BCUT2D eigenvalue weighted by atomic mass is 9.81. The second-order valence-electron chi connectivity index (χ2n) is 6.60.